The minimum absolute atomic E-state index is 0.144. The number of fused-ring (bicyclic) bond motifs is 1. The average molecular weight is 344 g/mol. The summed E-state index contributed by atoms with van der Waals surface area (Å²) in [6, 6.07) is 23.2. The molecule has 1 amide bonds. The number of hydrogen-bond donors (Lipinski definition) is 2. The molecule has 1 aromatic heterocycles. The first-order valence-corrected chi connectivity index (χ1v) is 9.37. The standard InChI is InChI=1S/C23H24N2O/c26-23(25-21-11-10-17-6-4-5-9-19(17)16-21)15-13-20-12-14-22(24-20)18-7-2-1-3-8-18/h1-9,12,14,21,24H,10-11,13,15-16H2,(H,25,26). The zero-order valence-electron chi connectivity index (χ0n) is 14.9. The van der Waals surface area contributed by atoms with E-state index in [1.807, 2.05) is 18.2 Å². The minimum atomic E-state index is 0.144. The van der Waals surface area contributed by atoms with Crippen molar-refractivity contribution in [1.82, 2.24) is 10.3 Å². The summed E-state index contributed by atoms with van der Waals surface area (Å²) in [6.45, 7) is 0. The van der Waals surface area contributed by atoms with Crippen molar-refractivity contribution in [3.63, 3.8) is 0 Å². The van der Waals surface area contributed by atoms with E-state index in [2.05, 4.69) is 58.8 Å². The van der Waals surface area contributed by atoms with E-state index in [1.165, 1.54) is 16.7 Å². The molecule has 2 aromatic carbocycles. The largest absolute Gasteiger partial charge is 0.358 e. The van der Waals surface area contributed by atoms with Crippen LogP contribution in [0.15, 0.2) is 66.7 Å². The van der Waals surface area contributed by atoms with Crippen molar-refractivity contribution in [1.29, 1.82) is 0 Å². The van der Waals surface area contributed by atoms with Gasteiger partial charge in [-0.05, 0) is 54.5 Å². The number of nitrogens with one attached hydrogen (secondary N) is 2. The lowest BCUT2D eigenvalue weighted by Crippen LogP contribution is -2.38. The summed E-state index contributed by atoms with van der Waals surface area (Å²) in [5, 5.41) is 3.22. The monoisotopic (exact) mass is 344 g/mol. The predicted molar refractivity (Wildman–Crippen MR) is 105 cm³/mol. The summed E-state index contributed by atoms with van der Waals surface area (Å²) in [5.41, 5.74) is 6.18. The van der Waals surface area contributed by atoms with Crippen molar-refractivity contribution in [3.8, 4) is 11.3 Å². The fourth-order valence-electron chi connectivity index (χ4n) is 3.74. The van der Waals surface area contributed by atoms with Crippen molar-refractivity contribution >= 4 is 5.91 Å². The number of aromatic nitrogens is 1. The minimum Gasteiger partial charge on any atom is -0.358 e. The Morgan fingerprint density at radius 3 is 2.58 bits per heavy atom. The molecule has 1 unspecified atom stereocenters. The van der Waals surface area contributed by atoms with Crippen molar-refractivity contribution < 1.29 is 4.79 Å². The predicted octanol–water partition coefficient (Wildman–Crippen LogP) is 4.29. The van der Waals surface area contributed by atoms with E-state index in [1.54, 1.807) is 0 Å². The first-order chi connectivity index (χ1) is 12.8. The molecule has 26 heavy (non-hydrogen) atoms. The van der Waals surface area contributed by atoms with Crippen LogP contribution in [0.5, 0.6) is 0 Å². The average Bonchev–Trinajstić information content (AvgIpc) is 3.16. The van der Waals surface area contributed by atoms with Crippen LogP contribution >= 0.6 is 0 Å². The molecule has 1 heterocycles. The normalized spacial score (nSPS) is 16.1. The molecule has 0 aliphatic heterocycles. The number of aromatic amines is 1. The molecule has 0 fully saturated rings. The van der Waals surface area contributed by atoms with Gasteiger partial charge in [0, 0.05) is 23.9 Å². The van der Waals surface area contributed by atoms with E-state index >= 15 is 0 Å². The number of benzene rings is 2. The number of amides is 1. The molecule has 2 N–H and O–H groups in total. The third-order valence-corrected chi connectivity index (χ3v) is 5.16. The zero-order valence-corrected chi connectivity index (χ0v) is 14.9. The number of H-pyrrole nitrogens is 1. The van der Waals surface area contributed by atoms with E-state index in [0.717, 1.165) is 37.1 Å². The van der Waals surface area contributed by atoms with Gasteiger partial charge in [-0.15, -0.1) is 0 Å². The van der Waals surface area contributed by atoms with Crippen LogP contribution in [0.3, 0.4) is 0 Å². The molecule has 0 saturated carbocycles. The molecule has 1 atom stereocenters. The number of carbonyl (C=O) groups excluding carboxylic acids is 1. The molecule has 0 saturated heterocycles. The third kappa shape index (κ3) is 3.88. The second-order valence-corrected chi connectivity index (χ2v) is 7.04. The molecular formula is C23H24N2O. The molecule has 0 spiro atoms. The first-order valence-electron chi connectivity index (χ1n) is 9.37. The molecule has 3 nitrogen and oxygen atoms in total. The van der Waals surface area contributed by atoms with Gasteiger partial charge in [0.15, 0.2) is 0 Å². The van der Waals surface area contributed by atoms with Crippen LogP contribution in [0.25, 0.3) is 11.3 Å². The summed E-state index contributed by atoms with van der Waals surface area (Å²) in [6.07, 6.45) is 4.29. The topological polar surface area (TPSA) is 44.9 Å². The lowest BCUT2D eigenvalue weighted by atomic mass is 9.88. The van der Waals surface area contributed by atoms with Gasteiger partial charge in [-0.2, -0.15) is 0 Å². The Morgan fingerprint density at radius 2 is 1.73 bits per heavy atom. The van der Waals surface area contributed by atoms with Crippen LogP contribution in [0.1, 0.15) is 29.7 Å². The van der Waals surface area contributed by atoms with Gasteiger partial charge in [0.1, 0.15) is 0 Å². The molecule has 4 rings (SSSR count). The van der Waals surface area contributed by atoms with Crippen LogP contribution in [0, 0.1) is 0 Å². The molecule has 1 aliphatic carbocycles. The fraction of sp³-hybridized carbons (Fsp3) is 0.261. The summed E-state index contributed by atoms with van der Waals surface area (Å²) in [5.74, 6) is 0.144. The summed E-state index contributed by atoms with van der Waals surface area (Å²) in [4.78, 5) is 15.8. The van der Waals surface area contributed by atoms with Crippen LogP contribution in [0.4, 0.5) is 0 Å². The highest BCUT2D eigenvalue weighted by Crippen LogP contribution is 2.21. The molecule has 132 valence electrons. The molecule has 1 aliphatic rings. The van der Waals surface area contributed by atoms with E-state index in [-0.39, 0.29) is 11.9 Å². The maximum atomic E-state index is 12.3. The summed E-state index contributed by atoms with van der Waals surface area (Å²) in [7, 11) is 0. The SMILES string of the molecule is O=C(CCc1ccc(-c2ccccc2)[nH]1)NC1CCc2ccccc2C1. The smallest absolute Gasteiger partial charge is 0.220 e. The third-order valence-electron chi connectivity index (χ3n) is 5.16. The van der Waals surface area contributed by atoms with Crippen molar-refractivity contribution in [2.45, 2.75) is 38.1 Å². The van der Waals surface area contributed by atoms with Crippen molar-refractivity contribution in [3.05, 3.63) is 83.6 Å². The van der Waals surface area contributed by atoms with Gasteiger partial charge in [0.25, 0.3) is 0 Å². The van der Waals surface area contributed by atoms with Crippen LogP contribution in [-0.4, -0.2) is 16.9 Å². The van der Waals surface area contributed by atoms with Gasteiger partial charge >= 0.3 is 0 Å². The van der Waals surface area contributed by atoms with Gasteiger partial charge in [0.2, 0.25) is 5.91 Å². The lowest BCUT2D eigenvalue weighted by molar-refractivity contribution is -0.121. The van der Waals surface area contributed by atoms with E-state index in [0.29, 0.717) is 6.42 Å². The highest BCUT2D eigenvalue weighted by atomic mass is 16.1. The lowest BCUT2D eigenvalue weighted by Gasteiger charge is -2.25. The maximum absolute atomic E-state index is 12.3. The van der Waals surface area contributed by atoms with Gasteiger partial charge < -0.3 is 10.3 Å². The second kappa shape index (κ2) is 7.61. The Labute approximate surface area is 154 Å². The quantitative estimate of drug-likeness (QED) is 0.712. The van der Waals surface area contributed by atoms with Gasteiger partial charge in [0.05, 0.1) is 0 Å². The molecule has 0 bridgehead atoms. The van der Waals surface area contributed by atoms with Crippen LogP contribution < -0.4 is 5.32 Å². The molecule has 3 aromatic rings. The Hall–Kier alpha value is -2.81. The second-order valence-electron chi connectivity index (χ2n) is 7.04. The Bertz CT molecular complexity index is 882. The summed E-state index contributed by atoms with van der Waals surface area (Å²) < 4.78 is 0. The Balaban J connectivity index is 1.29. The van der Waals surface area contributed by atoms with E-state index in [4.69, 9.17) is 0 Å². The van der Waals surface area contributed by atoms with E-state index in [9.17, 15) is 4.79 Å². The Kier molecular flexibility index (Phi) is 4.87. The molecule has 3 heteroatoms. The van der Waals surface area contributed by atoms with Crippen molar-refractivity contribution in [2.24, 2.45) is 0 Å². The fourth-order valence-corrected chi connectivity index (χ4v) is 3.74. The number of rotatable bonds is 5. The molecular weight excluding hydrogens is 320 g/mol. The van der Waals surface area contributed by atoms with Crippen LogP contribution in [0.2, 0.25) is 0 Å². The number of aryl methyl sites for hydroxylation is 2. The highest BCUT2D eigenvalue weighted by Gasteiger charge is 2.19. The van der Waals surface area contributed by atoms with Gasteiger partial charge in [-0.1, -0.05) is 54.6 Å². The first kappa shape index (κ1) is 16.6. The Morgan fingerprint density at radius 1 is 0.962 bits per heavy atom. The van der Waals surface area contributed by atoms with Gasteiger partial charge in [-0.3, -0.25) is 4.79 Å². The van der Waals surface area contributed by atoms with Gasteiger partial charge in [-0.25, -0.2) is 0 Å². The number of hydrogen-bond acceptors (Lipinski definition) is 1. The zero-order chi connectivity index (χ0) is 17.8. The number of carbonyl (C=O) groups is 1. The maximum Gasteiger partial charge on any atom is 0.220 e. The van der Waals surface area contributed by atoms with Crippen molar-refractivity contribution in [2.75, 3.05) is 0 Å². The van der Waals surface area contributed by atoms with Crippen LogP contribution in [-0.2, 0) is 24.1 Å². The van der Waals surface area contributed by atoms with E-state index < -0.39 is 0 Å². The molecule has 0 radical (unpaired) electrons. The summed E-state index contributed by atoms with van der Waals surface area (Å²) >= 11 is 0. The highest BCUT2D eigenvalue weighted by molar-refractivity contribution is 5.76.